The second-order valence-electron chi connectivity index (χ2n) is 8.03. The van der Waals surface area contributed by atoms with Crippen molar-refractivity contribution in [3.05, 3.63) is 41.6 Å². The molecule has 0 aliphatic heterocycles. The molecule has 0 amide bonds. The van der Waals surface area contributed by atoms with E-state index in [-0.39, 0.29) is 11.4 Å². The van der Waals surface area contributed by atoms with Crippen molar-refractivity contribution in [2.75, 3.05) is 13.7 Å². The Hall–Kier alpha value is -1.44. The first-order valence-corrected chi connectivity index (χ1v) is 15.0. The van der Waals surface area contributed by atoms with E-state index in [9.17, 15) is 13.2 Å². The van der Waals surface area contributed by atoms with Crippen molar-refractivity contribution in [3.8, 4) is 0 Å². The number of benzene rings is 1. The van der Waals surface area contributed by atoms with Crippen LogP contribution >= 0.6 is 0 Å². The Kier molecular flexibility index (Phi) is 10.5. The lowest BCUT2D eigenvalue weighted by atomic mass is 10.2. The van der Waals surface area contributed by atoms with Crippen molar-refractivity contribution in [2.24, 2.45) is 0 Å². The van der Waals surface area contributed by atoms with Gasteiger partial charge in [0, 0.05) is 6.54 Å². The van der Waals surface area contributed by atoms with Crippen LogP contribution in [0.2, 0.25) is 18.1 Å². The molecular weight excluding hydrogens is 414 g/mol. The largest absolute Gasteiger partial charge is 0.468 e. The normalized spacial score (nSPS) is 13.3. The number of nitrogens with zero attached hydrogens (tertiary/aromatic N) is 1. The average molecular weight is 454 g/mol. The van der Waals surface area contributed by atoms with Crippen LogP contribution in [0.4, 0.5) is 0 Å². The second-order valence-corrected chi connectivity index (χ2v) is 15.3. The number of allylic oxidation sites excluding steroid dienone is 1. The van der Waals surface area contributed by atoms with E-state index in [1.165, 1.54) is 34.7 Å². The van der Waals surface area contributed by atoms with Gasteiger partial charge in [0.05, 0.1) is 20.1 Å². The minimum Gasteiger partial charge on any atom is -0.468 e. The number of rotatable bonds is 13. The smallest absolute Gasteiger partial charge is 0.323 e. The second kappa shape index (κ2) is 11.8. The molecule has 0 saturated heterocycles. The monoisotopic (exact) mass is 453 g/mol. The standard InChI is InChI=1S/C23H39NO4SSi/c1-8-30(9-2,10-3)20(5)13-11-12-18-24(21(6)23(25)28-7)29(26,27)22-16-14-19(4)15-17-22/h14-17,21H,5,8-13,18H2,1-4,6-7H3/t21-/m0/s1. The number of ether oxygens (including phenoxy) is 1. The minimum absolute atomic E-state index is 0.197. The highest BCUT2D eigenvalue weighted by molar-refractivity contribution is 7.89. The molecule has 1 rings (SSSR count). The third-order valence-electron chi connectivity index (χ3n) is 6.49. The van der Waals surface area contributed by atoms with Gasteiger partial charge in [0.1, 0.15) is 6.04 Å². The minimum atomic E-state index is -3.80. The van der Waals surface area contributed by atoms with Gasteiger partial charge in [-0.1, -0.05) is 61.8 Å². The molecule has 1 aromatic rings. The molecule has 0 bridgehead atoms. The maximum atomic E-state index is 13.2. The zero-order valence-corrected chi connectivity index (χ0v) is 21.3. The topological polar surface area (TPSA) is 63.7 Å². The SMILES string of the molecule is C=C(CCCCN([C@@H](C)C(=O)OC)S(=O)(=O)c1ccc(C)cc1)[Si](CC)(CC)CC. The lowest BCUT2D eigenvalue weighted by Gasteiger charge is -2.31. The van der Waals surface area contributed by atoms with Crippen LogP contribution in [0.5, 0.6) is 0 Å². The molecule has 1 aromatic carbocycles. The van der Waals surface area contributed by atoms with Crippen LogP contribution in [0, 0.1) is 6.92 Å². The van der Waals surface area contributed by atoms with Crippen LogP contribution in [0.15, 0.2) is 40.9 Å². The molecule has 0 N–H and O–H groups in total. The Morgan fingerprint density at radius 2 is 1.63 bits per heavy atom. The third-order valence-corrected chi connectivity index (χ3v) is 14.3. The van der Waals surface area contributed by atoms with Crippen LogP contribution in [-0.4, -0.2) is 46.5 Å². The van der Waals surface area contributed by atoms with Gasteiger partial charge in [0.2, 0.25) is 10.0 Å². The Bertz CT molecular complexity index is 793. The summed E-state index contributed by atoms with van der Waals surface area (Å²) in [6.07, 6.45) is 2.46. The van der Waals surface area contributed by atoms with E-state index in [2.05, 4.69) is 27.4 Å². The van der Waals surface area contributed by atoms with E-state index in [4.69, 9.17) is 4.74 Å². The molecule has 0 heterocycles. The summed E-state index contributed by atoms with van der Waals surface area (Å²) in [6, 6.07) is 9.44. The molecule has 0 spiro atoms. The van der Waals surface area contributed by atoms with E-state index in [0.717, 1.165) is 18.4 Å². The predicted molar refractivity (Wildman–Crippen MR) is 127 cm³/mol. The first-order valence-electron chi connectivity index (χ1n) is 10.9. The number of carbonyl (C=O) groups excluding carboxylic acids is 1. The molecule has 0 unspecified atom stereocenters. The first-order chi connectivity index (χ1) is 14.1. The van der Waals surface area contributed by atoms with E-state index >= 15 is 0 Å². The number of carbonyl (C=O) groups is 1. The Morgan fingerprint density at radius 3 is 2.10 bits per heavy atom. The summed E-state index contributed by atoms with van der Waals surface area (Å²) in [6.45, 7) is 14.9. The van der Waals surface area contributed by atoms with Crippen LogP contribution in [0.3, 0.4) is 0 Å². The van der Waals surface area contributed by atoms with Gasteiger partial charge < -0.3 is 4.74 Å². The van der Waals surface area contributed by atoms with Gasteiger partial charge in [-0.3, -0.25) is 4.79 Å². The van der Waals surface area contributed by atoms with E-state index in [0.29, 0.717) is 6.42 Å². The van der Waals surface area contributed by atoms with Gasteiger partial charge in [-0.2, -0.15) is 4.31 Å². The summed E-state index contributed by atoms with van der Waals surface area (Å²) in [4.78, 5) is 12.3. The van der Waals surface area contributed by atoms with Crippen LogP contribution in [0.25, 0.3) is 0 Å². The Balaban J connectivity index is 2.94. The van der Waals surface area contributed by atoms with Gasteiger partial charge >= 0.3 is 5.97 Å². The molecule has 0 saturated carbocycles. The van der Waals surface area contributed by atoms with Crippen molar-refractivity contribution in [2.45, 2.75) is 83.0 Å². The van der Waals surface area contributed by atoms with Crippen molar-refractivity contribution in [1.29, 1.82) is 0 Å². The molecule has 170 valence electrons. The molecule has 0 fully saturated rings. The molecule has 7 heteroatoms. The first kappa shape index (κ1) is 26.6. The highest BCUT2D eigenvalue weighted by Gasteiger charge is 2.34. The molecule has 0 aromatic heterocycles. The molecule has 0 aliphatic rings. The summed E-state index contributed by atoms with van der Waals surface area (Å²) in [5, 5.41) is 1.38. The number of methoxy groups -OCH3 is 1. The summed E-state index contributed by atoms with van der Waals surface area (Å²) in [7, 11) is -3.95. The number of unbranched alkanes of at least 4 members (excludes halogenated alkanes) is 1. The van der Waals surface area contributed by atoms with E-state index in [1.54, 1.807) is 31.2 Å². The van der Waals surface area contributed by atoms with Gasteiger partial charge in [0.25, 0.3) is 0 Å². The fourth-order valence-electron chi connectivity index (χ4n) is 4.03. The molecule has 0 radical (unpaired) electrons. The van der Waals surface area contributed by atoms with Gasteiger partial charge in [-0.05, 0) is 45.2 Å². The summed E-state index contributed by atoms with van der Waals surface area (Å²) in [5.41, 5.74) is 0.982. The number of hydrogen-bond acceptors (Lipinski definition) is 4. The molecule has 30 heavy (non-hydrogen) atoms. The van der Waals surface area contributed by atoms with Crippen molar-refractivity contribution >= 4 is 24.1 Å². The quantitative estimate of drug-likeness (QED) is 0.230. The maximum absolute atomic E-state index is 13.2. The highest BCUT2D eigenvalue weighted by atomic mass is 32.2. The van der Waals surface area contributed by atoms with Gasteiger partial charge in [0.15, 0.2) is 0 Å². The molecule has 5 nitrogen and oxygen atoms in total. The number of hydrogen-bond donors (Lipinski definition) is 0. The maximum Gasteiger partial charge on any atom is 0.323 e. The zero-order valence-electron chi connectivity index (χ0n) is 19.5. The number of esters is 1. The summed E-state index contributed by atoms with van der Waals surface area (Å²) >= 11 is 0. The fourth-order valence-corrected chi connectivity index (χ4v) is 9.36. The zero-order chi connectivity index (χ0) is 22.9. The van der Waals surface area contributed by atoms with Gasteiger partial charge in [-0.15, -0.1) is 6.58 Å². The Morgan fingerprint density at radius 1 is 1.10 bits per heavy atom. The van der Waals surface area contributed by atoms with E-state index < -0.39 is 30.1 Å². The van der Waals surface area contributed by atoms with Crippen LogP contribution < -0.4 is 0 Å². The summed E-state index contributed by atoms with van der Waals surface area (Å²) < 4.78 is 32.6. The number of aryl methyl sites for hydroxylation is 1. The third kappa shape index (κ3) is 6.28. The summed E-state index contributed by atoms with van der Waals surface area (Å²) in [5.74, 6) is -0.551. The van der Waals surface area contributed by atoms with Crippen molar-refractivity contribution in [1.82, 2.24) is 4.31 Å². The molecule has 0 aliphatic carbocycles. The predicted octanol–water partition coefficient (Wildman–Crippen LogP) is 5.32. The molecular formula is C23H39NO4SSi. The van der Waals surface area contributed by atoms with Crippen LogP contribution in [-0.2, 0) is 19.6 Å². The van der Waals surface area contributed by atoms with Crippen LogP contribution in [0.1, 0.15) is 52.5 Å². The number of sulfonamides is 1. The highest BCUT2D eigenvalue weighted by Crippen LogP contribution is 2.30. The lowest BCUT2D eigenvalue weighted by Crippen LogP contribution is -2.44. The van der Waals surface area contributed by atoms with E-state index in [1.807, 2.05) is 6.92 Å². The van der Waals surface area contributed by atoms with Crippen molar-refractivity contribution < 1.29 is 17.9 Å². The average Bonchev–Trinajstić information content (AvgIpc) is 2.74. The van der Waals surface area contributed by atoms with Crippen molar-refractivity contribution in [3.63, 3.8) is 0 Å². The lowest BCUT2D eigenvalue weighted by molar-refractivity contribution is -0.144. The Labute approximate surface area is 184 Å². The molecule has 1 atom stereocenters. The fraction of sp³-hybridized carbons (Fsp3) is 0.609. The van der Waals surface area contributed by atoms with Gasteiger partial charge in [-0.25, -0.2) is 8.42 Å².